The number of alkyl halides is 1. The van der Waals surface area contributed by atoms with Crippen LogP contribution in [0.5, 0.6) is 0 Å². The zero-order valence-electron chi connectivity index (χ0n) is 9.29. The van der Waals surface area contributed by atoms with Gasteiger partial charge in [0, 0.05) is 18.8 Å². The Balaban J connectivity index is 4.00. The van der Waals surface area contributed by atoms with Crippen molar-refractivity contribution in [2.45, 2.75) is 26.7 Å². The average molecular weight is 236 g/mol. The number of likely N-dealkylation sites (N-methyl/N-ethyl adjacent to an activating group) is 1. The Kier molecular flexibility index (Phi) is 8.09. The molecule has 0 rings (SSSR count). The highest BCUT2D eigenvalue weighted by molar-refractivity contribution is 6.17. The van der Waals surface area contributed by atoms with E-state index in [9.17, 15) is 9.59 Å². The largest absolute Gasteiger partial charge is 0.465 e. The van der Waals surface area contributed by atoms with Gasteiger partial charge in [-0.3, -0.25) is 9.59 Å². The van der Waals surface area contributed by atoms with E-state index in [2.05, 4.69) is 0 Å². The van der Waals surface area contributed by atoms with Crippen molar-refractivity contribution in [1.29, 1.82) is 0 Å². The number of amides is 1. The summed E-state index contributed by atoms with van der Waals surface area (Å²) in [7, 11) is 0. The minimum atomic E-state index is -0.362. The van der Waals surface area contributed by atoms with E-state index in [1.807, 2.05) is 6.92 Å². The lowest BCUT2D eigenvalue weighted by Gasteiger charge is -2.19. The quantitative estimate of drug-likeness (QED) is 0.495. The maximum Gasteiger partial charge on any atom is 0.325 e. The standard InChI is InChI=1S/C10H18ClNO3/c1-3-12(8-10(14)15-4-2)9(13)6-5-7-11/h3-8H2,1-2H3. The highest BCUT2D eigenvalue weighted by Gasteiger charge is 2.15. The van der Waals surface area contributed by atoms with Gasteiger partial charge in [0.05, 0.1) is 6.61 Å². The van der Waals surface area contributed by atoms with Crippen molar-refractivity contribution in [1.82, 2.24) is 4.90 Å². The van der Waals surface area contributed by atoms with E-state index in [0.29, 0.717) is 31.9 Å². The van der Waals surface area contributed by atoms with Gasteiger partial charge in [0.25, 0.3) is 0 Å². The molecule has 0 heterocycles. The van der Waals surface area contributed by atoms with Crippen molar-refractivity contribution in [2.75, 3.05) is 25.6 Å². The predicted molar refractivity (Wildman–Crippen MR) is 58.8 cm³/mol. The summed E-state index contributed by atoms with van der Waals surface area (Å²) in [5, 5.41) is 0. The van der Waals surface area contributed by atoms with Gasteiger partial charge in [-0.15, -0.1) is 11.6 Å². The third-order valence-corrected chi connectivity index (χ3v) is 2.15. The molecule has 0 aromatic carbocycles. The van der Waals surface area contributed by atoms with Gasteiger partial charge in [-0.25, -0.2) is 0 Å². The summed E-state index contributed by atoms with van der Waals surface area (Å²) >= 11 is 5.49. The number of carbonyl (C=O) groups is 2. The molecule has 5 heteroatoms. The van der Waals surface area contributed by atoms with Crippen LogP contribution in [0.2, 0.25) is 0 Å². The zero-order chi connectivity index (χ0) is 11.7. The fourth-order valence-electron chi connectivity index (χ4n) is 1.11. The van der Waals surface area contributed by atoms with Gasteiger partial charge in [0.1, 0.15) is 6.54 Å². The average Bonchev–Trinajstić information content (AvgIpc) is 2.22. The van der Waals surface area contributed by atoms with Gasteiger partial charge >= 0.3 is 5.97 Å². The van der Waals surface area contributed by atoms with Crippen LogP contribution in [0.4, 0.5) is 0 Å². The molecule has 0 bridgehead atoms. The van der Waals surface area contributed by atoms with Crippen LogP contribution >= 0.6 is 11.6 Å². The van der Waals surface area contributed by atoms with Crippen LogP contribution in [-0.2, 0) is 14.3 Å². The SMILES string of the molecule is CCOC(=O)CN(CC)C(=O)CCCCl. The van der Waals surface area contributed by atoms with Crippen LogP contribution in [0.3, 0.4) is 0 Å². The second-order valence-corrected chi connectivity index (χ2v) is 3.38. The smallest absolute Gasteiger partial charge is 0.325 e. The molecule has 88 valence electrons. The second-order valence-electron chi connectivity index (χ2n) is 3.01. The van der Waals surface area contributed by atoms with E-state index < -0.39 is 0 Å². The number of carbonyl (C=O) groups excluding carboxylic acids is 2. The van der Waals surface area contributed by atoms with Gasteiger partial charge < -0.3 is 9.64 Å². The number of rotatable bonds is 7. The zero-order valence-corrected chi connectivity index (χ0v) is 10.0. The molecule has 0 spiro atoms. The summed E-state index contributed by atoms with van der Waals surface area (Å²) in [5.74, 6) is 0.0488. The lowest BCUT2D eigenvalue weighted by atomic mass is 10.3. The number of nitrogens with zero attached hydrogens (tertiary/aromatic N) is 1. The minimum Gasteiger partial charge on any atom is -0.465 e. The summed E-state index contributed by atoms with van der Waals surface area (Å²) in [6.07, 6.45) is 1.02. The normalized spacial score (nSPS) is 9.80. The molecule has 0 fully saturated rings. The highest BCUT2D eigenvalue weighted by Crippen LogP contribution is 2.00. The Morgan fingerprint density at radius 3 is 2.47 bits per heavy atom. The van der Waals surface area contributed by atoms with Crippen molar-refractivity contribution >= 4 is 23.5 Å². The molecular weight excluding hydrogens is 218 g/mol. The van der Waals surface area contributed by atoms with E-state index in [0.717, 1.165) is 0 Å². The fourth-order valence-corrected chi connectivity index (χ4v) is 1.25. The molecule has 4 nitrogen and oxygen atoms in total. The van der Waals surface area contributed by atoms with Crippen LogP contribution in [0, 0.1) is 0 Å². The molecule has 0 aliphatic carbocycles. The van der Waals surface area contributed by atoms with Gasteiger partial charge in [-0.2, -0.15) is 0 Å². The first-order valence-corrected chi connectivity index (χ1v) is 5.68. The number of ether oxygens (including phenoxy) is 1. The molecule has 0 unspecified atom stereocenters. The maximum atomic E-state index is 11.5. The van der Waals surface area contributed by atoms with E-state index in [1.165, 1.54) is 4.90 Å². The van der Waals surface area contributed by atoms with Gasteiger partial charge in [-0.05, 0) is 20.3 Å². The van der Waals surface area contributed by atoms with Gasteiger partial charge in [0.2, 0.25) is 5.91 Å². The minimum absolute atomic E-state index is 0.0332. The van der Waals surface area contributed by atoms with Crippen LogP contribution < -0.4 is 0 Å². The molecule has 0 aromatic rings. The molecule has 0 aliphatic rings. The van der Waals surface area contributed by atoms with Crippen molar-refractivity contribution in [2.24, 2.45) is 0 Å². The predicted octanol–water partition coefficient (Wildman–Crippen LogP) is 1.42. The Morgan fingerprint density at radius 1 is 1.33 bits per heavy atom. The molecule has 0 saturated carbocycles. The highest BCUT2D eigenvalue weighted by atomic mass is 35.5. The van der Waals surface area contributed by atoms with Crippen molar-refractivity contribution in [3.05, 3.63) is 0 Å². The van der Waals surface area contributed by atoms with Crippen LogP contribution in [-0.4, -0.2) is 42.4 Å². The summed E-state index contributed by atoms with van der Waals surface area (Å²) in [6.45, 7) is 4.46. The first-order chi connectivity index (χ1) is 7.15. The lowest BCUT2D eigenvalue weighted by Crippen LogP contribution is -2.36. The number of halogens is 1. The molecule has 0 radical (unpaired) electrons. The summed E-state index contributed by atoms with van der Waals surface area (Å²) in [4.78, 5) is 24.2. The van der Waals surface area contributed by atoms with Crippen molar-refractivity contribution < 1.29 is 14.3 Å². The van der Waals surface area contributed by atoms with E-state index in [4.69, 9.17) is 16.3 Å². The Morgan fingerprint density at radius 2 is 2.00 bits per heavy atom. The fraction of sp³-hybridized carbons (Fsp3) is 0.800. The molecule has 0 saturated heterocycles. The lowest BCUT2D eigenvalue weighted by molar-refractivity contribution is -0.148. The van der Waals surface area contributed by atoms with Gasteiger partial charge in [0.15, 0.2) is 0 Å². The van der Waals surface area contributed by atoms with E-state index in [-0.39, 0.29) is 18.4 Å². The first-order valence-electron chi connectivity index (χ1n) is 5.15. The molecule has 15 heavy (non-hydrogen) atoms. The van der Waals surface area contributed by atoms with Crippen LogP contribution in [0.25, 0.3) is 0 Å². The molecule has 0 N–H and O–H groups in total. The number of hydrogen-bond acceptors (Lipinski definition) is 3. The monoisotopic (exact) mass is 235 g/mol. The second kappa shape index (κ2) is 8.53. The van der Waals surface area contributed by atoms with E-state index >= 15 is 0 Å². The van der Waals surface area contributed by atoms with Crippen LogP contribution in [0.1, 0.15) is 26.7 Å². The molecular formula is C10H18ClNO3. The number of hydrogen-bond donors (Lipinski definition) is 0. The molecule has 0 aromatic heterocycles. The molecule has 0 aliphatic heterocycles. The topological polar surface area (TPSA) is 46.6 Å². The maximum absolute atomic E-state index is 11.5. The summed E-state index contributed by atoms with van der Waals surface area (Å²) in [6, 6.07) is 0. The summed E-state index contributed by atoms with van der Waals surface area (Å²) < 4.78 is 4.77. The Hall–Kier alpha value is -0.770. The number of esters is 1. The van der Waals surface area contributed by atoms with Crippen LogP contribution in [0.15, 0.2) is 0 Å². The molecule has 0 atom stereocenters. The molecule has 1 amide bonds. The third-order valence-electron chi connectivity index (χ3n) is 1.88. The Labute approximate surface area is 95.5 Å². The van der Waals surface area contributed by atoms with Crippen molar-refractivity contribution in [3.63, 3.8) is 0 Å². The van der Waals surface area contributed by atoms with Crippen molar-refractivity contribution in [3.8, 4) is 0 Å². The Bertz CT molecular complexity index is 209. The summed E-state index contributed by atoms with van der Waals surface area (Å²) in [5.41, 5.74) is 0. The third kappa shape index (κ3) is 6.33. The first kappa shape index (κ1) is 14.2. The van der Waals surface area contributed by atoms with Gasteiger partial charge in [-0.1, -0.05) is 0 Å². The van der Waals surface area contributed by atoms with E-state index in [1.54, 1.807) is 6.92 Å².